The van der Waals surface area contributed by atoms with Crippen LogP contribution in [0.1, 0.15) is 88.7 Å². The van der Waals surface area contributed by atoms with E-state index in [0.717, 1.165) is 31.7 Å². The van der Waals surface area contributed by atoms with Crippen LogP contribution in [-0.2, 0) is 20.9 Å². The highest BCUT2D eigenvalue weighted by Gasteiger charge is 2.62. The number of hydrogen-bond acceptors (Lipinski definition) is 5. The second-order valence-electron chi connectivity index (χ2n) is 13.5. The number of carbonyl (C=O) groups is 4. The fourth-order valence-corrected chi connectivity index (χ4v) is 7.08. The Kier molecular flexibility index (Phi) is 9.83. The summed E-state index contributed by atoms with van der Waals surface area (Å²) < 4.78 is 44.1. The average molecular weight is 657 g/mol. The molecule has 0 radical (unpaired) electrons. The summed E-state index contributed by atoms with van der Waals surface area (Å²) in [5.74, 6) is -5.03. The van der Waals surface area contributed by atoms with E-state index in [1.54, 1.807) is 19.9 Å². The lowest BCUT2D eigenvalue weighted by Gasteiger charge is -2.58. The van der Waals surface area contributed by atoms with Crippen LogP contribution in [-0.4, -0.2) is 63.4 Å². The van der Waals surface area contributed by atoms with Gasteiger partial charge < -0.3 is 20.9 Å². The first-order valence-corrected chi connectivity index (χ1v) is 16.4. The molecule has 1 aromatic carbocycles. The molecular weight excluding hydrogens is 613 g/mol. The van der Waals surface area contributed by atoms with Gasteiger partial charge in [-0.15, -0.1) is 0 Å². The average Bonchev–Trinajstić information content (AvgIpc) is 3.50. The maximum atomic E-state index is 15.6. The van der Waals surface area contributed by atoms with Crippen molar-refractivity contribution in [2.24, 2.45) is 17.3 Å². The third-order valence-electron chi connectivity index (χ3n) is 9.79. The SMILES string of the molecule is CCC(=O)N/C(C(=O)N1CC2(C1)CC(F)(F)C2)=C(\C)c1ccc(NC(=O)[C@@H](NC(=O)c2ccnn2CC)[C@H]2CC[C@H](C)CC2)c(F)c1. The van der Waals surface area contributed by atoms with E-state index in [4.69, 9.17) is 0 Å². The van der Waals surface area contributed by atoms with Crippen LogP contribution in [0.5, 0.6) is 0 Å². The largest absolute Gasteiger partial charge is 0.339 e. The summed E-state index contributed by atoms with van der Waals surface area (Å²) in [6, 6.07) is 4.74. The first-order chi connectivity index (χ1) is 22.2. The Bertz CT molecular complexity index is 1560. The van der Waals surface area contributed by atoms with E-state index in [-0.39, 0.29) is 49.7 Å². The highest BCUT2D eigenvalue weighted by atomic mass is 19.3. The number of anilines is 1. The number of allylic oxidation sites excluding steroid dienone is 1. The van der Waals surface area contributed by atoms with Gasteiger partial charge in [0.1, 0.15) is 23.3 Å². The first-order valence-electron chi connectivity index (χ1n) is 16.4. The number of halogens is 3. The molecule has 3 fully saturated rings. The topological polar surface area (TPSA) is 125 Å². The highest BCUT2D eigenvalue weighted by molar-refractivity contribution is 6.04. The number of hydrogen-bond donors (Lipinski definition) is 3. The van der Waals surface area contributed by atoms with Crippen molar-refractivity contribution in [2.45, 2.75) is 91.1 Å². The predicted octanol–water partition coefficient (Wildman–Crippen LogP) is 5.12. The third-order valence-corrected chi connectivity index (χ3v) is 9.79. The van der Waals surface area contributed by atoms with Gasteiger partial charge in [0.15, 0.2) is 0 Å². The van der Waals surface area contributed by atoms with Crippen LogP contribution in [0, 0.1) is 23.1 Å². The molecule has 0 bridgehead atoms. The number of nitrogens with one attached hydrogen (secondary N) is 3. The Balaban J connectivity index is 1.34. The van der Waals surface area contributed by atoms with Crippen LogP contribution in [0.2, 0.25) is 0 Å². The minimum Gasteiger partial charge on any atom is -0.339 e. The molecule has 2 aliphatic carbocycles. The quantitative estimate of drug-likeness (QED) is 0.306. The Morgan fingerprint density at radius 2 is 1.72 bits per heavy atom. The number of aryl methyl sites for hydroxylation is 1. The van der Waals surface area contributed by atoms with Gasteiger partial charge in [0, 0.05) is 50.5 Å². The van der Waals surface area contributed by atoms with Gasteiger partial charge >= 0.3 is 0 Å². The molecule has 5 rings (SSSR count). The Hall–Kier alpha value is -4.16. The van der Waals surface area contributed by atoms with Gasteiger partial charge in [-0.2, -0.15) is 5.10 Å². The standard InChI is InChI=1S/C34H43F3N6O4/c1-5-27(44)40-28(32(47)42-18-33(19-42)16-34(36,37)17-33)21(4)23-11-12-25(24(35)15-23)39-31(46)29(22-9-7-20(3)8-10-22)41-30(45)26-13-14-38-43(26)6-2/h11-15,20,22,29H,5-10,16-19H2,1-4H3,(H,39,46)(H,40,44)(H,41,45)/b28-21+/t20-,22-,29-/m0/s1. The molecule has 4 amide bonds. The Labute approximate surface area is 272 Å². The molecular formula is C34H43F3N6O4. The van der Waals surface area contributed by atoms with Crippen molar-refractivity contribution in [3.05, 3.63) is 53.2 Å². The minimum absolute atomic E-state index is 0.0467. The van der Waals surface area contributed by atoms with Crippen LogP contribution in [0.25, 0.3) is 5.57 Å². The fourth-order valence-electron chi connectivity index (χ4n) is 7.08. The number of rotatable bonds is 10. The maximum absolute atomic E-state index is 15.6. The molecule has 1 saturated heterocycles. The number of carbonyl (C=O) groups excluding carboxylic acids is 4. The molecule has 2 aromatic rings. The second kappa shape index (κ2) is 13.5. The van der Waals surface area contributed by atoms with Gasteiger partial charge in [-0.3, -0.25) is 23.9 Å². The number of alkyl halides is 2. The monoisotopic (exact) mass is 656 g/mol. The zero-order chi connectivity index (χ0) is 34.1. The molecule has 2 saturated carbocycles. The molecule has 1 atom stereocenters. The van der Waals surface area contributed by atoms with Crippen LogP contribution in [0.3, 0.4) is 0 Å². The zero-order valence-electron chi connectivity index (χ0n) is 27.3. The van der Waals surface area contributed by atoms with Gasteiger partial charge in [-0.1, -0.05) is 32.8 Å². The normalized spacial score (nSPS) is 22.3. The summed E-state index contributed by atoms with van der Waals surface area (Å²) in [6.45, 7) is 8.01. The zero-order valence-corrected chi connectivity index (χ0v) is 27.3. The summed E-state index contributed by atoms with van der Waals surface area (Å²) in [7, 11) is 0. The number of benzene rings is 1. The van der Waals surface area contributed by atoms with Crippen molar-refractivity contribution in [3.8, 4) is 0 Å². The molecule has 1 spiro atoms. The number of nitrogens with zero attached hydrogens (tertiary/aromatic N) is 3. The van der Waals surface area contributed by atoms with E-state index in [2.05, 4.69) is 28.0 Å². The predicted molar refractivity (Wildman–Crippen MR) is 170 cm³/mol. The van der Waals surface area contributed by atoms with Gasteiger partial charge in [-0.25, -0.2) is 13.2 Å². The summed E-state index contributed by atoms with van der Waals surface area (Å²) in [4.78, 5) is 54.0. The first kappa shape index (κ1) is 34.2. The molecule has 1 aromatic heterocycles. The van der Waals surface area contributed by atoms with E-state index >= 15 is 4.39 Å². The lowest BCUT2D eigenvalue weighted by atomic mass is 9.61. The molecule has 10 nitrogen and oxygen atoms in total. The molecule has 254 valence electrons. The summed E-state index contributed by atoms with van der Waals surface area (Å²) in [6.07, 6.45) is 4.37. The molecule has 1 aliphatic heterocycles. The van der Waals surface area contributed by atoms with Crippen molar-refractivity contribution in [2.75, 3.05) is 18.4 Å². The minimum atomic E-state index is -2.71. The van der Waals surface area contributed by atoms with Gasteiger partial charge in [-0.05, 0) is 67.9 Å². The van der Waals surface area contributed by atoms with Crippen LogP contribution >= 0.6 is 0 Å². The lowest BCUT2D eigenvalue weighted by Crippen LogP contribution is -2.67. The number of aromatic nitrogens is 2. The summed E-state index contributed by atoms with van der Waals surface area (Å²) >= 11 is 0. The summed E-state index contributed by atoms with van der Waals surface area (Å²) in [5, 5.41) is 12.3. The van der Waals surface area contributed by atoms with Crippen molar-refractivity contribution in [1.82, 2.24) is 25.3 Å². The van der Waals surface area contributed by atoms with Gasteiger partial charge in [0.05, 0.1) is 5.69 Å². The smallest absolute Gasteiger partial charge is 0.270 e. The molecule has 47 heavy (non-hydrogen) atoms. The molecule has 3 N–H and O–H groups in total. The Morgan fingerprint density at radius 3 is 2.32 bits per heavy atom. The maximum Gasteiger partial charge on any atom is 0.270 e. The third kappa shape index (κ3) is 7.38. The van der Waals surface area contributed by atoms with Crippen molar-refractivity contribution in [1.29, 1.82) is 0 Å². The van der Waals surface area contributed by atoms with E-state index in [9.17, 15) is 28.0 Å². The Morgan fingerprint density at radius 1 is 1.04 bits per heavy atom. The van der Waals surface area contributed by atoms with Gasteiger partial charge in [0.25, 0.3) is 11.8 Å². The molecule has 2 heterocycles. The van der Waals surface area contributed by atoms with Crippen LogP contribution < -0.4 is 16.0 Å². The number of amides is 4. The second-order valence-corrected chi connectivity index (χ2v) is 13.5. The van der Waals surface area contributed by atoms with Crippen molar-refractivity contribution in [3.63, 3.8) is 0 Å². The fraction of sp³-hybridized carbons (Fsp3) is 0.559. The van der Waals surface area contributed by atoms with Crippen LogP contribution in [0.15, 0.2) is 36.2 Å². The van der Waals surface area contributed by atoms with Crippen molar-refractivity contribution < 1.29 is 32.3 Å². The molecule has 0 unspecified atom stereocenters. The molecule has 3 aliphatic rings. The van der Waals surface area contributed by atoms with Crippen LogP contribution in [0.4, 0.5) is 18.9 Å². The van der Waals surface area contributed by atoms with E-state index in [1.165, 1.54) is 27.9 Å². The number of likely N-dealkylation sites (tertiary alicyclic amines) is 1. The van der Waals surface area contributed by atoms with E-state index in [1.807, 2.05) is 6.92 Å². The summed E-state index contributed by atoms with van der Waals surface area (Å²) in [5.41, 5.74) is 0.173. The van der Waals surface area contributed by atoms with E-state index < -0.39 is 46.8 Å². The van der Waals surface area contributed by atoms with Crippen molar-refractivity contribution >= 4 is 34.9 Å². The van der Waals surface area contributed by atoms with E-state index in [0.29, 0.717) is 29.3 Å². The molecule has 13 heteroatoms. The van der Waals surface area contributed by atoms with Gasteiger partial charge in [0.2, 0.25) is 17.7 Å². The lowest BCUT2D eigenvalue weighted by molar-refractivity contribution is -0.213. The highest BCUT2D eigenvalue weighted by Crippen LogP contribution is 2.56.